The normalized spacial score (nSPS) is 24.9. The van der Waals surface area contributed by atoms with Crippen LogP contribution in [0.15, 0.2) is 0 Å². The molecule has 0 spiro atoms. The number of carbonyl (C=O) groups excluding carboxylic acids is 2. The molecule has 21 heavy (non-hydrogen) atoms. The molecule has 1 saturated heterocycles. The van der Waals surface area contributed by atoms with Crippen LogP contribution in [0.4, 0.5) is 5.13 Å². The van der Waals surface area contributed by atoms with E-state index in [0.717, 1.165) is 42.8 Å². The average molecular weight is 330 g/mol. The van der Waals surface area contributed by atoms with E-state index in [1.54, 1.807) is 0 Å². The number of amides is 1. The van der Waals surface area contributed by atoms with Gasteiger partial charge in [0.2, 0.25) is 5.91 Å². The number of halogens is 1. The molecule has 1 aromatic heterocycles. The minimum Gasteiger partial charge on any atom is -0.314 e. The summed E-state index contributed by atoms with van der Waals surface area (Å²) in [5.74, 6) is 0.250. The molecule has 0 aromatic carbocycles. The maximum Gasteiger partial charge on any atom is 0.229 e. The molecule has 7 heteroatoms. The molecular weight excluding hydrogens is 310 g/mol. The number of carbonyl (C=O) groups is 2. The van der Waals surface area contributed by atoms with Crippen molar-refractivity contribution in [2.45, 2.75) is 45.1 Å². The van der Waals surface area contributed by atoms with Crippen molar-refractivity contribution in [2.24, 2.45) is 5.92 Å². The van der Waals surface area contributed by atoms with Crippen molar-refractivity contribution in [2.75, 3.05) is 11.9 Å². The molecule has 2 heterocycles. The van der Waals surface area contributed by atoms with Crippen LogP contribution >= 0.6 is 23.7 Å². The molecule has 0 unspecified atom stereocenters. The van der Waals surface area contributed by atoms with E-state index >= 15 is 0 Å². The average Bonchev–Trinajstić information content (AvgIpc) is 2.83. The first-order valence-electron chi connectivity index (χ1n) is 7.20. The van der Waals surface area contributed by atoms with Gasteiger partial charge in [-0.1, -0.05) is 11.3 Å². The molecule has 2 aliphatic rings. The molecule has 116 valence electrons. The van der Waals surface area contributed by atoms with Crippen LogP contribution < -0.4 is 10.6 Å². The van der Waals surface area contributed by atoms with Crippen LogP contribution in [0.1, 0.15) is 48.0 Å². The van der Waals surface area contributed by atoms with Gasteiger partial charge >= 0.3 is 0 Å². The summed E-state index contributed by atoms with van der Waals surface area (Å²) >= 11 is 1.33. The van der Waals surface area contributed by atoms with Crippen LogP contribution in [0.3, 0.4) is 0 Å². The molecule has 5 nitrogen and oxygen atoms in total. The summed E-state index contributed by atoms with van der Waals surface area (Å²) in [4.78, 5) is 29.2. The van der Waals surface area contributed by atoms with Gasteiger partial charge in [0.05, 0.1) is 10.6 Å². The second-order valence-electron chi connectivity index (χ2n) is 5.64. The number of aryl methyl sites for hydroxylation is 1. The zero-order chi connectivity index (χ0) is 14.1. The number of anilines is 1. The largest absolute Gasteiger partial charge is 0.314 e. The zero-order valence-electron chi connectivity index (χ0n) is 12.0. The summed E-state index contributed by atoms with van der Waals surface area (Å²) in [5, 5.41) is 6.82. The lowest BCUT2D eigenvalue weighted by molar-refractivity contribution is -0.120. The van der Waals surface area contributed by atoms with Gasteiger partial charge < -0.3 is 10.6 Å². The highest BCUT2D eigenvalue weighted by atomic mass is 35.5. The first-order valence-corrected chi connectivity index (χ1v) is 8.02. The molecule has 1 fully saturated rings. The maximum absolute atomic E-state index is 12.3. The molecule has 1 aromatic rings. The summed E-state index contributed by atoms with van der Waals surface area (Å²) in [6.07, 6.45) is 4.04. The lowest BCUT2D eigenvalue weighted by atomic mass is 9.92. The number of rotatable bonds is 2. The van der Waals surface area contributed by atoms with Crippen LogP contribution in [0.5, 0.6) is 0 Å². The number of Topliss-reactive ketones (excluding diaryl/α,β-unsaturated/α-hetero) is 1. The van der Waals surface area contributed by atoms with Gasteiger partial charge in [-0.25, -0.2) is 4.98 Å². The Morgan fingerprint density at radius 1 is 1.43 bits per heavy atom. The second-order valence-corrected chi connectivity index (χ2v) is 6.64. The van der Waals surface area contributed by atoms with Gasteiger partial charge in [-0.2, -0.15) is 0 Å². The summed E-state index contributed by atoms with van der Waals surface area (Å²) in [5.41, 5.74) is 0.861. The Kier molecular flexibility index (Phi) is 5.35. The molecule has 1 amide bonds. The Hall–Kier alpha value is -0.980. The first kappa shape index (κ1) is 16.4. The van der Waals surface area contributed by atoms with Crippen molar-refractivity contribution in [1.29, 1.82) is 0 Å². The minimum atomic E-state index is 0. The van der Waals surface area contributed by atoms with E-state index in [4.69, 9.17) is 0 Å². The van der Waals surface area contributed by atoms with Gasteiger partial charge in [-0.3, -0.25) is 9.59 Å². The number of thiazole rings is 1. The van der Waals surface area contributed by atoms with E-state index in [1.807, 2.05) is 0 Å². The molecule has 1 aliphatic heterocycles. The predicted octanol–water partition coefficient (Wildman–Crippen LogP) is 2.41. The smallest absolute Gasteiger partial charge is 0.229 e. The summed E-state index contributed by atoms with van der Waals surface area (Å²) in [6, 6.07) is 0.380. The van der Waals surface area contributed by atoms with Crippen LogP contribution in [-0.2, 0) is 11.2 Å². The van der Waals surface area contributed by atoms with E-state index in [1.165, 1.54) is 11.3 Å². The monoisotopic (exact) mass is 329 g/mol. The molecular formula is C14H20ClN3O2S. The molecule has 3 rings (SSSR count). The number of hydrogen-bond donors (Lipinski definition) is 2. The molecule has 2 N–H and O–H groups in total. The van der Waals surface area contributed by atoms with E-state index in [0.29, 0.717) is 17.6 Å². The van der Waals surface area contributed by atoms with E-state index < -0.39 is 0 Å². The van der Waals surface area contributed by atoms with E-state index in [-0.39, 0.29) is 30.0 Å². The third-order valence-corrected chi connectivity index (χ3v) is 5.05. The Labute approximate surface area is 134 Å². The lowest BCUT2D eigenvalue weighted by Crippen LogP contribution is -2.40. The standard InChI is InChI=1S/C14H19N3O2S.ClH/c1-8-7-9(5-6-15-8)13(19)17-14-16-10-3-2-4-11(18)12(10)20-14;/h8-9,15H,2-7H2,1H3,(H,16,17,19);1H/t8-,9-;/m0./s1. The highest BCUT2D eigenvalue weighted by Crippen LogP contribution is 2.30. The fraction of sp³-hybridized carbons (Fsp3) is 0.643. The van der Waals surface area contributed by atoms with Gasteiger partial charge in [-0.05, 0) is 39.2 Å². The Morgan fingerprint density at radius 3 is 2.95 bits per heavy atom. The van der Waals surface area contributed by atoms with Crippen molar-refractivity contribution >= 4 is 40.6 Å². The van der Waals surface area contributed by atoms with Gasteiger partial charge in [0.15, 0.2) is 10.9 Å². The second kappa shape index (κ2) is 6.85. The topological polar surface area (TPSA) is 71.1 Å². The van der Waals surface area contributed by atoms with Crippen LogP contribution in [0.2, 0.25) is 0 Å². The van der Waals surface area contributed by atoms with Gasteiger partial charge in [0.25, 0.3) is 0 Å². The summed E-state index contributed by atoms with van der Waals surface area (Å²) in [6.45, 7) is 2.98. The predicted molar refractivity (Wildman–Crippen MR) is 85.4 cm³/mol. The fourth-order valence-electron chi connectivity index (χ4n) is 2.90. The first-order chi connectivity index (χ1) is 9.63. The molecule has 0 radical (unpaired) electrons. The molecule has 0 saturated carbocycles. The van der Waals surface area contributed by atoms with Crippen molar-refractivity contribution in [3.05, 3.63) is 10.6 Å². The summed E-state index contributed by atoms with van der Waals surface area (Å²) in [7, 11) is 0. The zero-order valence-corrected chi connectivity index (χ0v) is 13.6. The van der Waals surface area contributed by atoms with Crippen LogP contribution in [-0.4, -0.2) is 29.3 Å². The number of nitrogens with zero attached hydrogens (tertiary/aromatic N) is 1. The molecule has 0 bridgehead atoms. The molecule has 2 atom stereocenters. The maximum atomic E-state index is 12.3. The highest BCUT2D eigenvalue weighted by molar-refractivity contribution is 7.17. The number of aromatic nitrogens is 1. The van der Waals surface area contributed by atoms with Gasteiger partial charge in [0.1, 0.15) is 0 Å². The van der Waals surface area contributed by atoms with Gasteiger partial charge in [0, 0.05) is 18.4 Å². The fourth-order valence-corrected chi connectivity index (χ4v) is 3.88. The van der Waals surface area contributed by atoms with E-state index in [9.17, 15) is 9.59 Å². The highest BCUT2D eigenvalue weighted by Gasteiger charge is 2.27. The number of piperidine rings is 1. The Morgan fingerprint density at radius 2 is 2.24 bits per heavy atom. The van der Waals surface area contributed by atoms with Crippen molar-refractivity contribution in [3.8, 4) is 0 Å². The van der Waals surface area contributed by atoms with Crippen molar-refractivity contribution in [1.82, 2.24) is 10.3 Å². The Balaban J connectivity index is 0.00000161. The van der Waals surface area contributed by atoms with Crippen LogP contribution in [0.25, 0.3) is 0 Å². The SMILES string of the molecule is C[C@H]1C[C@@H](C(=O)Nc2nc3c(s2)C(=O)CCC3)CCN1.Cl. The number of ketones is 1. The van der Waals surface area contributed by atoms with Crippen LogP contribution in [0, 0.1) is 5.92 Å². The van der Waals surface area contributed by atoms with Crippen molar-refractivity contribution in [3.63, 3.8) is 0 Å². The third-order valence-electron chi connectivity index (χ3n) is 3.99. The Bertz CT molecular complexity index is 546. The minimum absolute atomic E-state index is 0. The quantitative estimate of drug-likeness (QED) is 0.874. The van der Waals surface area contributed by atoms with E-state index in [2.05, 4.69) is 22.5 Å². The number of hydrogen-bond acceptors (Lipinski definition) is 5. The summed E-state index contributed by atoms with van der Waals surface area (Å²) < 4.78 is 0. The van der Waals surface area contributed by atoms with Crippen molar-refractivity contribution < 1.29 is 9.59 Å². The number of nitrogens with one attached hydrogen (secondary N) is 2. The molecule has 1 aliphatic carbocycles. The third kappa shape index (κ3) is 3.62. The number of fused-ring (bicyclic) bond motifs is 1. The lowest BCUT2D eigenvalue weighted by Gasteiger charge is -2.26. The van der Waals surface area contributed by atoms with Gasteiger partial charge in [-0.15, -0.1) is 12.4 Å².